The van der Waals surface area contributed by atoms with Crippen molar-refractivity contribution in [3.8, 4) is 0 Å². The second-order valence-corrected chi connectivity index (χ2v) is 5.21. The molecule has 0 aromatic heterocycles. The van der Waals surface area contributed by atoms with Crippen molar-refractivity contribution in [1.29, 1.82) is 0 Å². The van der Waals surface area contributed by atoms with Crippen LogP contribution in [-0.4, -0.2) is 11.6 Å². The fourth-order valence-electron chi connectivity index (χ4n) is 1.78. The molecule has 2 nitrogen and oxygen atoms in total. The molecule has 0 saturated heterocycles. The molecule has 0 aliphatic heterocycles. The van der Waals surface area contributed by atoms with E-state index in [1.165, 1.54) is 0 Å². The first-order valence-electron chi connectivity index (χ1n) is 5.87. The highest BCUT2D eigenvalue weighted by atomic mass is 16.6. The third-order valence-electron chi connectivity index (χ3n) is 2.51. The second-order valence-electron chi connectivity index (χ2n) is 5.21. The van der Waals surface area contributed by atoms with Crippen LogP contribution in [0, 0.1) is 5.92 Å². The molecule has 0 spiro atoms. The van der Waals surface area contributed by atoms with E-state index < -0.39 is 0 Å². The fraction of sp³-hybridized carbons (Fsp3) is 0.769. The lowest BCUT2D eigenvalue weighted by molar-refractivity contribution is -0.160. The SMILES string of the molecule is CC(C)(C)OC(=O)C1CCC=CCCC1. The number of ether oxygens (including phenoxy) is 1. The van der Waals surface area contributed by atoms with Gasteiger partial charge >= 0.3 is 5.97 Å². The van der Waals surface area contributed by atoms with Crippen LogP contribution in [0.4, 0.5) is 0 Å². The minimum absolute atomic E-state index is 0.0159. The zero-order chi connectivity index (χ0) is 11.3. The Hall–Kier alpha value is -0.790. The standard InChI is InChI=1S/C13H22O2/c1-13(2,3)15-12(14)11-9-7-5-4-6-8-10-11/h4-5,11H,6-10H2,1-3H3. The third-order valence-corrected chi connectivity index (χ3v) is 2.51. The maximum absolute atomic E-state index is 11.8. The lowest BCUT2D eigenvalue weighted by Crippen LogP contribution is -2.29. The number of carbonyl (C=O) groups is 1. The van der Waals surface area contributed by atoms with Gasteiger partial charge in [0.2, 0.25) is 0 Å². The summed E-state index contributed by atoms with van der Waals surface area (Å²) in [4.78, 5) is 11.8. The van der Waals surface area contributed by atoms with Gasteiger partial charge in [-0.2, -0.15) is 0 Å². The van der Waals surface area contributed by atoms with Crippen LogP contribution in [0.15, 0.2) is 12.2 Å². The second kappa shape index (κ2) is 5.34. The molecule has 0 saturated carbocycles. The summed E-state index contributed by atoms with van der Waals surface area (Å²) >= 11 is 0. The Morgan fingerprint density at radius 3 is 2.53 bits per heavy atom. The maximum Gasteiger partial charge on any atom is 0.309 e. The van der Waals surface area contributed by atoms with Gasteiger partial charge in [0.25, 0.3) is 0 Å². The largest absolute Gasteiger partial charge is 0.460 e. The number of allylic oxidation sites excluding steroid dienone is 2. The normalized spacial score (nSPS) is 23.0. The monoisotopic (exact) mass is 210 g/mol. The summed E-state index contributed by atoms with van der Waals surface area (Å²) in [6, 6.07) is 0. The maximum atomic E-state index is 11.8. The van der Waals surface area contributed by atoms with E-state index >= 15 is 0 Å². The molecule has 0 radical (unpaired) electrons. The molecule has 0 fully saturated rings. The Labute approximate surface area is 92.7 Å². The van der Waals surface area contributed by atoms with Crippen molar-refractivity contribution in [3.05, 3.63) is 12.2 Å². The Kier molecular flexibility index (Phi) is 4.37. The molecule has 1 unspecified atom stereocenters. The van der Waals surface area contributed by atoms with E-state index in [1.807, 2.05) is 20.8 Å². The molecule has 15 heavy (non-hydrogen) atoms. The minimum Gasteiger partial charge on any atom is -0.460 e. The number of esters is 1. The summed E-state index contributed by atoms with van der Waals surface area (Å²) in [6.07, 6.45) is 9.50. The average Bonchev–Trinajstić information content (AvgIpc) is 1.98. The summed E-state index contributed by atoms with van der Waals surface area (Å²) in [5, 5.41) is 0. The van der Waals surface area contributed by atoms with Gasteiger partial charge in [-0.1, -0.05) is 12.2 Å². The van der Waals surface area contributed by atoms with Crippen molar-refractivity contribution in [2.75, 3.05) is 0 Å². The number of carbonyl (C=O) groups excluding carboxylic acids is 1. The molecule has 0 N–H and O–H groups in total. The van der Waals surface area contributed by atoms with Crippen LogP contribution in [0.25, 0.3) is 0 Å². The van der Waals surface area contributed by atoms with Crippen LogP contribution in [0.2, 0.25) is 0 Å². The van der Waals surface area contributed by atoms with E-state index in [-0.39, 0.29) is 17.5 Å². The van der Waals surface area contributed by atoms with Crippen LogP contribution in [0.5, 0.6) is 0 Å². The molecule has 0 aromatic carbocycles. The number of rotatable bonds is 1. The van der Waals surface area contributed by atoms with E-state index in [0.717, 1.165) is 32.1 Å². The molecule has 0 heterocycles. The number of hydrogen-bond acceptors (Lipinski definition) is 2. The van der Waals surface area contributed by atoms with Gasteiger partial charge in [0.1, 0.15) is 5.60 Å². The third kappa shape index (κ3) is 5.01. The zero-order valence-corrected chi connectivity index (χ0v) is 10.1. The molecule has 1 rings (SSSR count). The highest BCUT2D eigenvalue weighted by molar-refractivity contribution is 5.72. The molecular formula is C13H22O2. The van der Waals surface area contributed by atoms with Crippen LogP contribution < -0.4 is 0 Å². The molecule has 1 aliphatic rings. The molecule has 0 amide bonds. The first-order valence-corrected chi connectivity index (χ1v) is 5.87. The Bertz CT molecular complexity index is 235. The Morgan fingerprint density at radius 1 is 1.20 bits per heavy atom. The summed E-state index contributed by atoms with van der Waals surface area (Å²) in [6.45, 7) is 5.77. The van der Waals surface area contributed by atoms with Crippen molar-refractivity contribution < 1.29 is 9.53 Å². The topological polar surface area (TPSA) is 26.3 Å². The number of hydrogen-bond donors (Lipinski definition) is 0. The van der Waals surface area contributed by atoms with Crippen LogP contribution in [-0.2, 0) is 9.53 Å². The molecule has 0 bridgehead atoms. The lowest BCUT2D eigenvalue weighted by atomic mass is 9.94. The van der Waals surface area contributed by atoms with Crippen molar-refractivity contribution in [3.63, 3.8) is 0 Å². The van der Waals surface area contributed by atoms with Crippen molar-refractivity contribution in [1.82, 2.24) is 0 Å². The van der Waals surface area contributed by atoms with Gasteiger partial charge < -0.3 is 4.74 Å². The average molecular weight is 210 g/mol. The smallest absolute Gasteiger partial charge is 0.309 e. The van der Waals surface area contributed by atoms with Crippen LogP contribution >= 0.6 is 0 Å². The van der Waals surface area contributed by atoms with Crippen LogP contribution in [0.3, 0.4) is 0 Å². The molecule has 1 atom stereocenters. The van der Waals surface area contributed by atoms with Gasteiger partial charge in [0.05, 0.1) is 5.92 Å². The van der Waals surface area contributed by atoms with Gasteiger partial charge in [-0.25, -0.2) is 0 Å². The molecular weight excluding hydrogens is 188 g/mol. The van der Waals surface area contributed by atoms with E-state index in [1.54, 1.807) is 0 Å². The fourth-order valence-corrected chi connectivity index (χ4v) is 1.78. The predicted molar refractivity (Wildman–Crippen MR) is 61.6 cm³/mol. The molecule has 0 aromatic rings. The summed E-state index contributed by atoms with van der Waals surface area (Å²) in [5.74, 6) is 0.0898. The van der Waals surface area contributed by atoms with Gasteiger partial charge in [0.15, 0.2) is 0 Å². The highest BCUT2D eigenvalue weighted by Crippen LogP contribution is 2.22. The molecule has 1 aliphatic carbocycles. The van der Waals surface area contributed by atoms with Crippen molar-refractivity contribution in [2.24, 2.45) is 5.92 Å². The summed E-state index contributed by atoms with van der Waals surface area (Å²) < 4.78 is 5.41. The zero-order valence-electron chi connectivity index (χ0n) is 10.1. The van der Waals surface area contributed by atoms with Crippen molar-refractivity contribution >= 4 is 5.97 Å². The first kappa shape index (κ1) is 12.3. The van der Waals surface area contributed by atoms with Crippen LogP contribution in [0.1, 0.15) is 52.9 Å². The highest BCUT2D eigenvalue weighted by Gasteiger charge is 2.24. The molecule has 2 heteroatoms. The summed E-state index contributed by atoms with van der Waals surface area (Å²) in [5.41, 5.74) is -0.352. The van der Waals surface area contributed by atoms with Gasteiger partial charge in [0, 0.05) is 0 Å². The van der Waals surface area contributed by atoms with E-state index in [2.05, 4.69) is 12.2 Å². The van der Waals surface area contributed by atoms with E-state index in [4.69, 9.17) is 4.74 Å². The Balaban J connectivity index is 2.47. The summed E-state index contributed by atoms with van der Waals surface area (Å²) in [7, 11) is 0. The van der Waals surface area contributed by atoms with E-state index in [0.29, 0.717) is 0 Å². The van der Waals surface area contributed by atoms with Gasteiger partial charge in [-0.3, -0.25) is 4.79 Å². The lowest BCUT2D eigenvalue weighted by Gasteiger charge is -2.24. The molecule has 86 valence electrons. The van der Waals surface area contributed by atoms with E-state index in [9.17, 15) is 4.79 Å². The predicted octanol–water partition coefficient (Wildman–Crippen LogP) is 3.46. The quantitative estimate of drug-likeness (QED) is 0.489. The van der Waals surface area contributed by atoms with Gasteiger partial charge in [-0.05, 0) is 52.9 Å². The van der Waals surface area contributed by atoms with Crippen molar-refractivity contribution in [2.45, 2.75) is 58.5 Å². The Morgan fingerprint density at radius 2 is 1.87 bits per heavy atom. The van der Waals surface area contributed by atoms with Gasteiger partial charge in [-0.15, -0.1) is 0 Å². The first-order chi connectivity index (χ1) is 6.99. The minimum atomic E-state index is -0.352.